The van der Waals surface area contributed by atoms with Crippen LogP contribution in [0.15, 0.2) is 84.9 Å². The number of aromatic hydroxyl groups is 2. The summed E-state index contributed by atoms with van der Waals surface area (Å²) in [7, 11) is 0. The summed E-state index contributed by atoms with van der Waals surface area (Å²) in [6.07, 6.45) is 0.377. The van der Waals surface area contributed by atoms with Gasteiger partial charge in [-0.25, -0.2) is 0 Å². The van der Waals surface area contributed by atoms with Gasteiger partial charge in [0, 0.05) is 6.42 Å². The smallest absolute Gasteiger partial charge is 0.122 e. The van der Waals surface area contributed by atoms with Crippen molar-refractivity contribution in [3.05, 3.63) is 118 Å². The molecule has 204 valence electrons. The van der Waals surface area contributed by atoms with Crippen LogP contribution in [0.25, 0.3) is 0 Å². The maximum Gasteiger partial charge on any atom is 0.122 e. The van der Waals surface area contributed by atoms with Gasteiger partial charge in [-0.3, -0.25) is 0 Å². The molecule has 0 aliphatic heterocycles. The molecule has 0 unspecified atom stereocenters. The monoisotopic (exact) mass is 524 g/mol. The maximum absolute atomic E-state index is 11.4. The Morgan fingerprint density at radius 1 is 0.538 bits per heavy atom. The fraction of sp³-hybridized carbons (Fsp3) is 0.314. The van der Waals surface area contributed by atoms with Gasteiger partial charge < -0.3 is 19.7 Å². The average molecular weight is 525 g/mol. The first-order valence-electron chi connectivity index (χ1n) is 13.5. The average Bonchev–Trinajstić information content (AvgIpc) is 2.89. The van der Waals surface area contributed by atoms with Crippen LogP contribution in [0, 0.1) is 0 Å². The molecule has 0 atom stereocenters. The number of phenolic OH excluding ortho intramolecular Hbond substituents is 2. The molecule has 0 heterocycles. The van der Waals surface area contributed by atoms with Crippen molar-refractivity contribution >= 4 is 0 Å². The SMILES string of the molecule is CC(C)(C)c1cc(COc2ccccc2)cc(Cc2cc(COc3ccccc3)cc(C(C)(C)C)c2O)c1O. The topological polar surface area (TPSA) is 58.9 Å². The van der Waals surface area contributed by atoms with Crippen LogP contribution < -0.4 is 9.47 Å². The normalized spacial score (nSPS) is 11.8. The number of phenols is 2. The largest absolute Gasteiger partial charge is 0.507 e. The predicted octanol–water partition coefficient (Wildman–Crippen LogP) is 8.44. The van der Waals surface area contributed by atoms with E-state index in [1.165, 1.54) is 0 Å². The van der Waals surface area contributed by atoms with Gasteiger partial charge in [-0.1, -0.05) is 77.9 Å². The van der Waals surface area contributed by atoms with E-state index in [0.717, 1.165) is 44.9 Å². The lowest BCUT2D eigenvalue weighted by molar-refractivity contribution is 0.305. The summed E-state index contributed by atoms with van der Waals surface area (Å²) in [6, 6.07) is 27.4. The molecule has 4 rings (SSSR count). The van der Waals surface area contributed by atoms with Crippen LogP contribution in [0.3, 0.4) is 0 Å². The van der Waals surface area contributed by atoms with E-state index in [1.807, 2.05) is 84.9 Å². The minimum absolute atomic E-state index is 0.258. The van der Waals surface area contributed by atoms with Gasteiger partial charge in [0.2, 0.25) is 0 Å². The first-order chi connectivity index (χ1) is 18.4. The second kappa shape index (κ2) is 11.4. The molecular weight excluding hydrogens is 484 g/mol. The van der Waals surface area contributed by atoms with Gasteiger partial charge >= 0.3 is 0 Å². The highest BCUT2D eigenvalue weighted by Gasteiger charge is 2.25. The minimum atomic E-state index is -0.272. The summed E-state index contributed by atoms with van der Waals surface area (Å²) in [6.45, 7) is 13.3. The zero-order valence-electron chi connectivity index (χ0n) is 23.9. The van der Waals surface area contributed by atoms with E-state index in [4.69, 9.17) is 9.47 Å². The summed E-state index contributed by atoms with van der Waals surface area (Å²) < 4.78 is 12.1. The molecule has 0 amide bonds. The molecule has 0 fully saturated rings. The molecule has 0 aliphatic carbocycles. The Balaban J connectivity index is 1.71. The Kier molecular flexibility index (Phi) is 8.25. The van der Waals surface area contributed by atoms with Crippen molar-refractivity contribution in [1.82, 2.24) is 0 Å². The predicted molar refractivity (Wildman–Crippen MR) is 158 cm³/mol. The summed E-state index contributed by atoms with van der Waals surface area (Å²) in [4.78, 5) is 0. The van der Waals surface area contributed by atoms with Crippen molar-refractivity contribution in [3.8, 4) is 23.0 Å². The van der Waals surface area contributed by atoms with E-state index >= 15 is 0 Å². The van der Waals surface area contributed by atoms with Crippen molar-refractivity contribution in [2.24, 2.45) is 0 Å². The Morgan fingerprint density at radius 3 is 1.23 bits per heavy atom. The number of benzene rings is 4. The highest BCUT2D eigenvalue weighted by atomic mass is 16.5. The summed E-state index contributed by atoms with van der Waals surface area (Å²) >= 11 is 0. The van der Waals surface area contributed by atoms with E-state index in [1.54, 1.807) is 0 Å². The summed E-state index contributed by atoms with van der Waals surface area (Å²) in [5.41, 5.74) is 4.61. The van der Waals surface area contributed by atoms with Crippen LogP contribution in [0.4, 0.5) is 0 Å². The van der Waals surface area contributed by atoms with Gasteiger partial charge in [0.25, 0.3) is 0 Å². The number of hydrogen-bond acceptors (Lipinski definition) is 4. The molecular formula is C35H40O4. The number of para-hydroxylation sites is 2. The molecule has 0 radical (unpaired) electrons. The van der Waals surface area contributed by atoms with Crippen LogP contribution in [-0.4, -0.2) is 10.2 Å². The highest BCUT2D eigenvalue weighted by molar-refractivity contribution is 5.53. The van der Waals surface area contributed by atoms with Crippen molar-refractivity contribution in [1.29, 1.82) is 0 Å². The third-order valence-electron chi connectivity index (χ3n) is 6.79. The Hall–Kier alpha value is -3.92. The molecule has 0 spiro atoms. The second-order valence-corrected chi connectivity index (χ2v) is 12.2. The van der Waals surface area contributed by atoms with Crippen molar-refractivity contribution in [2.45, 2.75) is 72.0 Å². The number of hydrogen-bond donors (Lipinski definition) is 2. The lowest BCUT2D eigenvalue weighted by Crippen LogP contribution is -2.15. The first-order valence-corrected chi connectivity index (χ1v) is 13.5. The van der Waals surface area contributed by atoms with Crippen molar-refractivity contribution < 1.29 is 19.7 Å². The van der Waals surface area contributed by atoms with Crippen LogP contribution in [0.1, 0.15) is 74.9 Å². The maximum atomic E-state index is 11.4. The fourth-order valence-electron chi connectivity index (χ4n) is 4.67. The van der Waals surface area contributed by atoms with Gasteiger partial charge in [-0.15, -0.1) is 0 Å². The van der Waals surface area contributed by atoms with Gasteiger partial charge in [-0.2, -0.15) is 0 Å². The van der Waals surface area contributed by atoms with Gasteiger partial charge in [-0.05, 0) is 92.7 Å². The van der Waals surface area contributed by atoms with Crippen LogP contribution in [-0.2, 0) is 30.5 Å². The molecule has 0 aliphatic rings. The van der Waals surface area contributed by atoms with E-state index in [0.29, 0.717) is 19.6 Å². The molecule has 4 aromatic carbocycles. The third kappa shape index (κ3) is 7.14. The van der Waals surface area contributed by atoms with Crippen molar-refractivity contribution in [3.63, 3.8) is 0 Å². The third-order valence-corrected chi connectivity index (χ3v) is 6.79. The second-order valence-electron chi connectivity index (χ2n) is 12.2. The fourth-order valence-corrected chi connectivity index (χ4v) is 4.67. The quantitative estimate of drug-likeness (QED) is 0.243. The highest BCUT2D eigenvalue weighted by Crippen LogP contribution is 2.40. The summed E-state index contributed by atoms with van der Waals surface area (Å²) in [5, 5.41) is 22.8. The zero-order chi connectivity index (χ0) is 28.2. The van der Waals surface area contributed by atoms with E-state index < -0.39 is 0 Å². The van der Waals surface area contributed by atoms with E-state index in [9.17, 15) is 10.2 Å². The van der Waals surface area contributed by atoms with Crippen molar-refractivity contribution in [2.75, 3.05) is 0 Å². The number of ether oxygens (including phenoxy) is 2. The minimum Gasteiger partial charge on any atom is -0.507 e. The van der Waals surface area contributed by atoms with Crippen LogP contribution in [0.2, 0.25) is 0 Å². The molecule has 2 N–H and O–H groups in total. The standard InChI is InChI=1S/C35H40O4/c1-34(2,3)30-19-24(22-38-28-13-9-7-10-14-28)17-26(32(30)36)21-27-18-25(20-31(33(27)37)35(4,5)6)23-39-29-15-11-8-12-16-29/h7-20,36-37H,21-23H2,1-6H3. The molecule has 39 heavy (non-hydrogen) atoms. The number of rotatable bonds is 8. The Bertz CT molecular complexity index is 1290. The summed E-state index contributed by atoms with van der Waals surface area (Å²) in [5.74, 6) is 2.10. The van der Waals surface area contributed by atoms with Crippen LogP contribution in [0.5, 0.6) is 23.0 Å². The molecule has 0 saturated carbocycles. The lowest BCUT2D eigenvalue weighted by atomic mass is 9.81. The van der Waals surface area contributed by atoms with E-state index in [-0.39, 0.29) is 22.3 Å². The lowest BCUT2D eigenvalue weighted by Gasteiger charge is -2.25. The van der Waals surface area contributed by atoms with E-state index in [2.05, 4.69) is 41.5 Å². The molecule has 0 saturated heterocycles. The molecule has 4 nitrogen and oxygen atoms in total. The molecule has 4 heteroatoms. The van der Waals surface area contributed by atoms with Gasteiger partial charge in [0.1, 0.15) is 36.2 Å². The van der Waals surface area contributed by atoms with Crippen LogP contribution >= 0.6 is 0 Å². The Morgan fingerprint density at radius 2 is 0.897 bits per heavy atom. The first kappa shape index (κ1) is 28.1. The van der Waals surface area contributed by atoms with Gasteiger partial charge in [0.15, 0.2) is 0 Å². The Labute approximate surface area is 232 Å². The molecule has 0 bridgehead atoms. The zero-order valence-corrected chi connectivity index (χ0v) is 23.9. The molecule has 0 aromatic heterocycles. The molecule has 4 aromatic rings. The van der Waals surface area contributed by atoms with Gasteiger partial charge in [0.05, 0.1) is 0 Å².